The first-order valence-corrected chi connectivity index (χ1v) is 14.0. The topological polar surface area (TPSA) is 155 Å². The molecule has 12 nitrogen and oxygen atoms in total. The number of nitrogens with one attached hydrogen (secondary N) is 2. The second-order valence-corrected chi connectivity index (χ2v) is 10.9. The Morgan fingerprint density at radius 3 is 2.49 bits per heavy atom. The van der Waals surface area contributed by atoms with Crippen molar-refractivity contribution in [1.82, 2.24) is 19.9 Å². The molecule has 1 aliphatic heterocycles. The number of hydrogen-bond acceptors (Lipinski definition) is 11. The van der Waals surface area contributed by atoms with Crippen LogP contribution in [0.5, 0.6) is 5.88 Å². The average Bonchev–Trinajstić information content (AvgIpc) is 2.90. The Balaban J connectivity index is 1.33. The van der Waals surface area contributed by atoms with Gasteiger partial charge in [-0.2, -0.15) is 10.2 Å². The lowest BCUT2D eigenvalue weighted by Gasteiger charge is -2.31. The van der Waals surface area contributed by atoms with Gasteiger partial charge in [-0.05, 0) is 31.7 Å². The third-order valence-electron chi connectivity index (χ3n) is 6.34. The zero-order chi connectivity index (χ0) is 25.8. The first-order chi connectivity index (χ1) is 17.9. The molecule has 3 aromatic rings. The Kier molecular flexibility index (Phi) is 7.20. The fourth-order valence-electron chi connectivity index (χ4n) is 4.52. The van der Waals surface area contributed by atoms with Gasteiger partial charge in [0.1, 0.15) is 18.0 Å². The first-order valence-electron chi connectivity index (χ1n) is 12.1. The minimum absolute atomic E-state index is 0.0536. The van der Waals surface area contributed by atoms with Crippen molar-refractivity contribution in [3.63, 3.8) is 0 Å². The number of rotatable bonds is 7. The minimum Gasteiger partial charge on any atom is -0.474 e. The number of aromatic nitrogens is 4. The molecule has 1 saturated heterocycles. The lowest BCUT2D eigenvalue weighted by molar-refractivity contribution is 0.122. The van der Waals surface area contributed by atoms with E-state index < -0.39 is 10.0 Å². The summed E-state index contributed by atoms with van der Waals surface area (Å²) < 4.78 is 37.9. The van der Waals surface area contributed by atoms with Gasteiger partial charge in [-0.15, -0.1) is 0 Å². The van der Waals surface area contributed by atoms with Gasteiger partial charge in [0.05, 0.1) is 60.2 Å². The Bertz CT molecular complexity index is 1400. The van der Waals surface area contributed by atoms with Crippen molar-refractivity contribution in [3.8, 4) is 11.9 Å². The number of pyridine rings is 2. The third-order valence-corrected chi connectivity index (χ3v) is 6.94. The zero-order valence-corrected chi connectivity index (χ0v) is 21.2. The molecule has 1 aliphatic carbocycles. The number of nitrogens with zero attached hydrogens (tertiary/aromatic N) is 6. The smallest absolute Gasteiger partial charge is 0.229 e. The highest BCUT2D eigenvalue weighted by atomic mass is 32.2. The quantitative estimate of drug-likeness (QED) is 0.467. The van der Waals surface area contributed by atoms with Gasteiger partial charge in [-0.1, -0.05) is 0 Å². The Hall–Kier alpha value is -3.76. The molecule has 3 aromatic heterocycles. The van der Waals surface area contributed by atoms with Crippen molar-refractivity contribution in [1.29, 1.82) is 5.26 Å². The van der Waals surface area contributed by atoms with Gasteiger partial charge in [0.15, 0.2) is 0 Å². The van der Waals surface area contributed by atoms with Crippen molar-refractivity contribution in [3.05, 3.63) is 36.3 Å². The molecule has 37 heavy (non-hydrogen) atoms. The first kappa shape index (κ1) is 24.9. The van der Waals surface area contributed by atoms with Crippen LogP contribution in [-0.2, 0) is 14.8 Å². The fraction of sp³-hybridized carbons (Fsp3) is 0.458. The van der Waals surface area contributed by atoms with E-state index in [1.54, 1.807) is 6.07 Å². The Morgan fingerprint density at radius 2 is 1.81 bits per heavy atom. The van der Waals surface area contributed by atoms with E-state index in [9.17, 15) is 8.42 Å². The number of nitriles is 1. The second-order valence-electron chi connectivity index (χ2n) is 9.19. The molecule has 0 unspecified atom stereocenters. The van der Waals surface area contributed by atoms with Crippen LogP contribution in [0.4, 0.5) is 17.5 Å². The van der Waals surface area contributed by atoms with E-state index in [0.717, 1.165) is 50.8 Å². The summed E-state index contributed by atoms with van der Waals surface area (Å²) in [4.78, 5) is 19.9. The van der Waals surface area contributed by atoms with E-state index >= 15 is 0 Å². The van der Waals surface area contributed by atoms with E-state index in [1.165, 1.54) is 18.6 Å². The number of hydrogen-bond donors (Lipinski definition) is 2. The number of fused-ring (bicyclic) bond motifs is 1. The predicted molar refractivity (Wildman–Crippen MR) is 138 cm³/mol. The summed E-state index contributed by atoms with van der Waals surface area (Å²) in [6.45, 7) is 2.70. The summed E-state index contributed by atoms with van der Waals surface area (Å²) in [6.07, 6.45) is 8.86. The Morgan fingerprint density at radius 1 is 1.08 bits per heavy atom. The monoisotopic (exact) mass is 524 g/mol. The molecule has 0 bridgehead atoms. The van der Waals surface area contributed by atoms with Crippen LogP contribution in [0.1, 0.15) is 31.2 Å². The molecule has 2 aliphatic rings. The molecule has 0 radical (unpaired) electrons. The molecule has 4 heterocycles. The van der Waals surface area contributed by atoms with E-state index in [1.807, 2.05) is 12.1 Å². The summed E-state index contributed by atoms with van der Waals surface area (Å²) in [5.74, 6) is 1.71. The summed E-state index contributed by atoms with van der Waals surface area (Å²) in [6, 6.07) is 5.83. The normalized spacial score (nSPS) is 20.3. The van der Waals surface area contributed by atoms with Crippen molar-refractivity contribution in [2.45, 2.75) is 37.8 Å². The van der Waals surface area contributed by atoms with Crippen molar-refractivity contribution >= 4 is 38.4 Å². The number of sulfonamides is 1. The van der Waals surface area contributed by atoms with Gasteiger partial charge in [0.25, 0.3) is 0 Å². The van der Waals surface area contributed by atoms with Gasteiger partial charge in [0.2, 0.25) is 21.9 Å². The van der Waals surface area contributed by atoms with E-state index in [-0.39, 0.29) is 12.1 Å². The maximum Gasteiger partial charge on any atom is 0.229 e. The highest BCUT2D eigenvalue weighted by molar-refractivity contribution is 7.92. The van der Waals surface area contributed by atoms with Gasteiger partial charge in [0, 0.05) is 25.2 Å². The molecular weight excluding hydrogens is 496 g/mol. The van der Waals surface area contributed by atoms with Gasteiger partial charge < -0.3 is 19.7 Å². The second kappa shape index (κ2) is 10.7. The average molecular weight is 525 g/mol. The SMILES string of the molecule is CS(=O)(=O)Nc1cnc2cc(N3CCOCC3)nc(OC3CCC(Nc4ncc(C#N)cn4)CC3)c2c1. The minimum atomic E-state index is -3.45. The van der Waals surface area contributed by atoms with Crippen molar-refractivity contribution < 1.29 is 17.9 Å². The van der Waals surface area contributed by atoms with Gasteiger partial charge in [-0.3, -0.25) is 9.71 Å². The summed E-state index contributed by atoms with van der Waals surface area (Å²) in [7, 11) is -3.45. The summed E-state index contributed by atoms with van der Waals surface area (Å²) >= 11 is 0. The van der Waals surface area contributed by atoms with Crippen LogP contribution in [0.25, 0.3) is 10.9 Å². The predicted octanol–water partition coefficient (Wildman–Crippen LogP) is 2.30. The molecule has 194 valence electrons. The molecule has 2 N–H and O–H groups in total. The largest absolute Gasteiger partial charge is 0.474 e. The van der Waals surface area contributed by atoms with E-state index in [4.69, 9.17) is 19.7 Å². The summed E-state index contributed by atoms with van der Waals surface area (Å²) in [5, 5.41) is 12.9. The van der Waals surface area contributed by atoms with Crippen LogP contribution in [-0.4, -0.2) is 73.1 Å². The van der Waals surface area contributed by atoms with Crippen molar-refractivity contribution in [2.75, 3.05) is 47.5 Å². The molecule has 0 aromatic carbocycles. The van der Waals surface area contributed by atoms with Crippen LogP contribution >= 0.6 is 0 Å². The third kappa shape index (κ3) is 6.33. The van der Waals surface area contributed by atoms with Crippen LogP contribution in [0, 0.1) is 11.3 Å². The lowest BCUT2D eigenvalue weighted by Crippen LogP contribution is -2.37. The van der Waals surface area contributed by atoms with Crippen LogP contribution in [0.3, 0.4) is 0 Å². The van der Waals surface area contributed by atoms with E-state index in [0.29, 0.717) is 47.2 Å². The molecule has 0 atom stereocenters. The van der Waals surface area contributed by atoms with Gasteiger partial charge >= 0.3 is 0 Å². The van der Waals surface area contributed by atoms with Crippen LogP contribution in [0.2, 0.25) is 0 Å². The zero-order valence-electron chi connectivity index (χ0n) is 20.4. The van der Waals surface area contributed by atoms with Crippen LogP contribution < -0.4 is 19.7 Å². The van der Waals surface area contributed by atoms with Crippen molar-refractivity contribution in [2.24, 2.45) is 0 Å². The maximum atomic E-state index is 11.8. The molecule has 1 saturated carbocycles. The number of morpholine rings is 1. The van der Waals surface area contributed by atoms with Crippen LogP contribution in [0.15, 0.2) is 30.7 Å². The van der Waals surface area contributed by atoms with E-state index in [2.05, 4.69) is 29.9 Å². The highest BCUT2D eigenvalue weighted by Crippen LogP contribution is 2.33. The summed E-state index contributed by atoms with van der Waals surface area (Å²) in [5.41, 5.74) is 1.46. The molecule has 5 rings (SSSR count). The molecule has 0 spiro atoms. The number of ether oxygens (including phenoxy) is 2. The standard InChI is InChI=1S/C24H28N8O4S/c1-37(33,34)31-18-10-20-21(26-15-18)11-22(32-6-8-35-9-7-32)30-23(20)36-19-4-2-17(3-5-19)29-24-27-13-16(12-25)14-28-24/h10-11,13-15,17,19,31H,2-9H2,1H3,(H,27,28,29). The highest BCUT2D eigenvalue weighted by Gasteiger charge is 2.25. The fourth-order valence-corrected chi connectivity index (χ4v) is 5.06. The van der Waals surface area contributed by atoms with Gasteiger partial charge in [-0.25, -0.2) is 18.4 Å². The molecular formula is C24H28N8O4S. The number of anilines is 3. The lowest BCUT2D eigenvalue weighted by atomic mass is 9.93. The molecule has 13 heteroatoms. The molecule has 0 amide bonds. The maximum absolute atomic E-state index is 11.8. The Labute approximate surface area is 215 Å². The molecule has 2 fully saturated rings.